The highest BCUT2D eigenvalue weighted by Gasteiger charge is 2.33. The molecule has 0 amide bonds. The van der Waals surface area contributed by atoms with E-state index in [2.05, 4.69) is 10.1 Å². The zero-order valence-corrected chi connectivity index (χ0v) is 11.1. The number of hydrogen-bond donors (Lipinski definition) is 1. The van der Waals surface area contributed by atoms with Gasteiger partial charge in [-0.1, -0.05) is 18.2 Å². The average Bonchev–Trinajstić information content (AvgIpc) is 2.79. The number of aliphatic hydroxyl groups is 1. The van der Waals surface area contributed by atoms with E-state index in [4.69, 9.17) is 0 Å². The van der Waals surface area contributed by atoms with Gasteiger partial charge in [0.15, 0.2) is 5.82 Å². The first kappa shape index (κ1) is 14.1. The van der Waals surface area contributed by atoms with E-state index in [9.17, 15) is 18.3 Å². The van der Waals surface area contributed by atoms with Gasteiger partial charge < -0.3 is 5.11 Å². The predicted molar refractivity (Wildman–Crippen MR) is 68.6 cm³/mol. The van der Waals surface area contributed by atoms with Gasteiger partial charge >= 0.3 is 6.18 Å². The second-order valence-corrected chi connectivity index (χ2v) is 5.15. The average molecular weight is 297 g/mol. The third kappa shape index (κ3) is 2.92. The summed E-state index contributed by atoms with van der Waals surface area (Å²) in [5.74, 6) is 1.08. The lowest BCUT2D eigenvalue weighted by Gasteiger charge is -2.16. The highest BCUT2D eigenvalue weighted by atomic mass is 19.4. The van der Waals surface area contributed by atoms with Gasteiger partial charge in [-0.3, -0.25) is 0 Å². The van der Waals surface area contributed by atoms with Crippen molar-refractivity contribution < 1.29 is 18.3 Å². The Morgan fingerprint density at radius 2 is 2.05 bits per heavy atom. The van der Waals surface area contributed by atoms with Crippen LogP contribution in [0.1, 0.15) is 29.2 Å². The molecule has 4 nitrogen and oxygen atoms in total. The first-order valence-electron chi connectivity index (χ1n) is 6.69. The zero-order chi connectivity index (χ0) is 15.0. The van der Waals surface area contributed by atoms with Crippen LogP contribution in [0.25, 0.3) is 0 Å². The molecule has 7 heteroatoms. The molecule has 1 aliphatic heterocycles. The van der Waals surface area contributed by atoms with Gasteiger partial charge in [-0.2, -0.15) is 18.3 Å². The minimum absolute atomic E-state index is 0.0335. The summed E-state index contributed by atoms with van der Waals surface area (Å²) in [5, 5.41) is 13.8. The van der Waals surface area contributed by atoms with E-state index in [0.717, 1.165) is 11.9 Å². The molecule has 1 N–H and O–H groups in total. The molecule has 3 rings (SSSR count). The van der Waals surface area contributed by atoms with Crippen LogP contribution in [0.2, 0.25) is 0 Å². The molecule has 2 aromatic rings. The fraction of sp³-hybridized carbons (Fsp3) is 0.429. The third-order valence-corrected chi connectivity index (χ3v) is 3.55. The molecule has 1 aromatic carbocycles. The van der Waals surface area contributed by atoms with Crippen molar-refractivity contribution in [2.45, 2.75) is 38.1 Å². The molecule has 21 heavy (non-hydrogen) atoms. The number of aromatic nitrogens is 3. The molecule has 0 aliphatic carbocycles. The van der Waals surface area contributed by atoms with Crippen LogP contribution >= 0.6 is 0 Å². The first-order valence-corrected chi connectivity index (χ1v) is 6.69. The molecule has 2 heterocycles. The Morgan fingerprint density at radius 3 is 2.81 bits per heavy atom. The summed E-state index contributed by atoms with van der Waals surface area (Å²) in [7, 11) is 0. The Balaban J connectivity index is 1.88. The van der Waals surface area contributed by atoms with E-state index in [1.165, 1.54) is 12.1 Å². The van der Waals surface area contributed by atoms with Crippen molar-refractivity contribution in [3.63, 3.8) is 0 Å². The Labute approximate surface area is 119 Å². The zero-order valence-electron chi connectivity index (χ0n) is 11.1. The van der Waals surface area contributed by atoms with Gasteiger partial charge in [0.25, 0.3) is 0 Å². The fourth-order valence-electron chi connectivity index (χ4n) is 2.54. The number of nitrogens with zero attached hydrogens (tertiary/aromatic N) is 3. The van der Waals surface area contributed by atoms with E-state index in [0.29, 0.717) is 25.2 Å². The molecular formula is C14H14F3N3O. The molecule has 0 spiro atoms. The maximum absolute atomic E-state index is 13.0. The molecule has 0 fully saturated rings. The topological polar surface area (TPSA) is 50.9 Å². The molecule has 0 saturated heterocycles. The van der Waals surface area contributed by atoms with Crippen LogP contribution < -0.4 is 0 Å². The number of benzene rings is 1. The van der Waals surface area contributed by atoms with Crippen molar-refractivity contribution in [1.82, 2.24) is 14.8 Å². The van der Waals surface area contributed by atoms with Gasteiger partial charge in [0.05, 0.1) is 18.2 Å². The van der Waals surface area contributed by atoms with E-state index >= 15 is 0 Å². The van der Waals surface area contributed by atoms with E-state index in [-0.39, 0.29) is 12.0 Å². The summed E-state index contributed by atoms with van der Waals surface area (Å²) in [6.45, 7) is 0.350. The van der Waals surface area contributed by atoms with Crippen molar-refractivity contribution in [3.05, 3.63) is 47.0 Å². The van der Waals surface area contributed by atoms with Gasteiger partial charge in [0.2, 0.25) is 0 Å². The second-order valence-electron chi connectivity index (χ2n) is 5.15. The number of hydrogen-bond acceptors (Lipinski definition) is 3. The normalized spacial score (nSPS) is 18.6. The van der Waals surface area contributed by atoms with Crippen molar-refractivity contribution in [2.24, 2.45) is 0 Å². The van der Waals surface area contributed by atoms with Crippen LogP contribution in [0.15, 0.2) is 24.3 Å². The van der Waals surface area contributed by atoms with Crippen LogP contribution in [-0.4, -0.2) is 26.0 Å². The smallest absolute Gasteiger partial charge is 0.391 e. The Bertz CT molecular complexity index is 651. The van der Waals surface area contributed by atoms with Gasteiger partial charge in [-0.15, -0.1) is 0 Å². The van der Waals surface area contributed by atoms with Crippen LogP contribution in [-0.2, 0) is 25.6 Å². The largest absolute Gasteiger partial charge is 0.416 e. The molecule has 0 saturated carbocycles. The lowest BCUT2D eigenvalue weighted by atomic mass is 10.0. The summed E-state index contributed by atoms with van der Waals surface area (Å²) < 4.78 is 40.4. The van der Waals surface area contributed by atoms with E-state index < -0.39 is 17.8 Å². The Kier molecular flexibility index (Phi) is 3.44. The van der Waals surface area contributed by atoms with Crippen molar-refractivity contribution in [3.8, 4) is 0 Å². The molecule has 1 atom stereocenters. The van der Waals surface area contributed by atoms with Gasteiger partial charge in [-0.05, 0) is 18.1 Å². The lowest BCUT2D eigenvalue weighted by molar-refractivity contribution is -0.138. The third-order valence-electron chi connectivity index (χ3n) is 3.55. The maximum Gasteiger partial charge on any atom is 0.416 e. The highest BCUT2D eigenvalue weighted by Crippen LogP contribution is 2.32. The minimum atomic E-state index is -4.38. The summed E-state index contributed by atoms with van der Waals surface area (Å²) in [4.78, 5) is 4.28. The maximum atomic E-state index is 13.0. The number of alkyl halides is 3. The Hall–Kier alpha value is -1.89. The van der Waals surface area contributed by atoms with Crippen LogP contribution in [0.4, 0.5) is 13.2 Å². The van der Waals surface area contributed by atoms with Crippen LogP contribution in [0.5, 0.6) is 0 Å². The predicted octanol–water partition coefficient (Wildman–Crippen LogP) is 2.19. The molecular weight excluding hydrogens is 283 g/mol. The van der Waals surface area contributed by atoms with Crippen molar-refractivity contribution >= 4 is 0 Å². The Morgan fingerprint density at radius 1 is 1.29 bits per heavy atom. The van der Waals surface area contributed by atoms with Crippen molar-refractivity contribution in [2.75, 3.05) is 0 Å². The quantitative estimate of drug-likeness (QED) is 0.924. The molecule has 112 valence electrons. The summed E-state index contributed by atoms with van der Waals surface area (Å²) >= 11 is 0. The first-order chi connectivity index (χ1) is 9.93. The van der Waals surface area contributed by atoms with Crippen molar-refractivity contribution in [1.29, 1.82) is 0 Å². The lowest BCUT2D eigenvalue weighted by Crippen LogP contribution is -2.25. The highest BCUT2D eigenvalue weighted by molar-refractivity contribution is 5.31. The summed E-state index contributed by atoms with van der Waals surface area (Å²) in [6, 6.07) is 5.45. The fourth-order valence-corrected chi connectivity index (χ4v) is 2.54. The summed E-state index contributed by atoms with van der Waals surface area (Å²) in [5.41, 5.74) is -0.494. The number of halogens is 3. The van der Waals surface area contributed by atoms with E-state index in [1.807, 2.05) is 0 Å². The van der Waals surface area contributed by atoms with Crippen LogP contribution in [0.3, 0.4) is 0 Å². The van der Waals surface area contributed by atoms with Gasteiger partial charge in [-0.25, -0.2) is 9.67 Å². The minimum Gasteiger partial charge on any atom is -0.391 e. The van der Waals surface area contributed by atoms with Gasteiger partial charge in [0, 0.05) is 12.8 Å². The number of rotatable bonds is 2. The molecule has 1 aliphatic rings. The van der Waals surface area contributed by atoms with Gasteiger partial charge in [0.1, 0.15) is 5.82 Å². The van der Waals surface area contributed by atoms with E-state index in [1.54, 1.807) is 10.7 Å². The monoisotopic (exact) mass is 297 g/mol. The number of fused-ring (bicyclic) bond motifs is 1. The molecule has 1 aromatic heterocycles. The number of aryl methyl sites for hydroxylation is 1. The summed E-state index contributed by atoms with van der Waals surface area (Å²) in [6.07, 6.45) is -3.61. The molecule has 0 radical (unpaired) electrons. The molecule has 1 unspecified atom stereocenters. The number of aliphatic hydroxyl groups excluding tert-OH is 1. The molecule has 0 bridgehead atoms. The second kappa shape index (κ2) is 5.14. The van der Waals surface area contributed by atoms with Crippen LogP contribution in [0, 0.1) is 0 Å². The SMILES string of the molecule is OC1CCc2nc(Cc3ccccc3C(F)(F)F)nn2C1. The standard InChI is InChI=1S/C14H14F3N3O/c15-14(16,17)11-4-2-1-3-9(11)7-12-18-13-6-5-10(21)8-20(13)19-12/h1-4,10,21H,5-8H2.